The van der Waals surface area contributed by atoms with Crippen LogP contribution in [0.15, 0.2) is 0 Å². The maximum atomic E-state index is 2.36. The van der Waals surface area contributed by atoms with Crippen LogP contribution in [0.4, 0.5) is 0 Å². The van der Waals surface area contributed by atoms with Gasteiger partial charge in [0.15, 0.2) is 0 Å². The maximum absolute atomic E-state index is 2.36. The van der Waals surface area contributed by atoms with E-state index in [4.69, 9.17) is 0 Å². The van der Waals surface area contributed by atoms with E-state index in [1.165, 1.54) is 19.3 Å². The summed E-state index contributed by atoms with van der Waals surface area (Å²) < 4.78 is 0. The Morgan fingerprint density at radius 1 is 0.778 bits per heavy atom. The van der Waals surface area contributed by atoms with Crippen LogP contribution in [0.2, 0.25) is 0 Å². The summed E-state index contributed by atoms with van der Waals surface area (Å²) in [6, 6.07) is 0. The van der Waals surface area contributed by atoms with Crippen molar-refractivity contribution in [2.24, 2.45) is 17.3 Å². The summed E-state index contributed by atoms with van der Waals surface area (Å²) in [6.07, 6.45) is 4.39. The topological polar surface area (TPSA) is 0 Å². The van der Waals surface area contributed by atoms with Crippen molar-refractivity contribution < 1.29 is 0 Å². The molecule has 0 nitrogen and oxygen atoms in total. The van der Waals surface area contributed by atoms with Crippen LogP contribution in [0.1, 0.15) is 103 Å². The van der Waals surface area contributed by atoms with Crippen LogP contribution in [0.25, 0.3) is 0 Å². The molecule has 0 heteroatoms. The second-order valence-corrected chi connectivity index (χ2v) is 5.21. The highest BCUT2D eigenvalue weighted by atomic mass is 14.3. The molecule has 0 N–H and O–H groups in total. The summed E-state index contributed by atoms with van der Waals surface area (Å²) in [6.45, 7) is 21.4. The fourth-order valence-electron chi connectivity index (χ4n) is 2.10. The van der Waals surface area contributed by atoms with Gasteiger partial charge in [-0.1, -0.05) is 84.1 Å². The van der Waals surface area contributed by atoms with Crippen LogP contribution >= 0.6 is 0 Å². The molecule has 0 spiro atoms. The predicted molar refractivity (Wildman–Crippen MR) is 93.5 cm³/mol. The highest BCUT2D eigenvalue weighted by molar-refractivity contribution is 4.80. The first-order chi connectivity index (χ1) is 7.47. The van der Waals surface area contributed by atoms with Crippen LogP contribution in [0, 0.1) is 17.3 Å². The molecule has 0 aromatic rings. The van der Waals surface area contributed by atoms with E-state index in [0.717, 1.165) is 11.8 Å². The quantitative estimate of drug-likeness (QED) is 0.452. The molecule has 118 valence electrons. The second-order valence-electron chi connectivity index (χ2n) is 5.21. The molecule has 0 aliphatic heterocycles. The summed E-state index contributed by atoms with van der Waals surface area (Å²) in [4.78, 5) is 0. The lowest BCUT2D eigenvalue weighted by atomic mass is 9.69. The Balaban J connectivity index is -0.0000000623. The monoisotopic (exact) mass is 262 g/mol. The van der Waals surface area contributed by atoms with Crippen molar-refractivity contribution in [1.29, 1.82) is 0 Å². The van der Waals surface area contributed by atoms with E-state index < -0.39 is 0 Å². The largest absolute Gasteiger partial charge is 0.0776 e. The van der Waals surface area contributed by atoms with E-state index in [2.05, 4.69) is 27.7 Å². The van der Waals surface area contributed by atoms with Crippen molar-refractivity contribution in [3.63, 3.8) is 0 Å². The molecule has 0 bridgehead atoms. The third-order valence-electron chi connectivity index (χ3n) is 2.37. The Morgan fingerprint density at radius 3 is 1.22 bits per heavy atom. The van der Waals surface area contributed by atoms with Crippen LogP contribution in [0.5, 0.6) is 0 Å². The molecule has 1 saturated carbocycles. The maximum Gasteiger partial charge on any atom is -0.0380 e. The van der Waals surface area contributed by atoms with E-state index >= 15 is 0 Å². The minimum Gasteiger partial charge on any atom is -0.0776 e. The van der Waals surface area contributed by atoms with Crippen LogP contribution in [0.3, 0.4) is 0 Å². The van der Waals surface area contributed by atoms with E-state index in [9.17, 15) is 0 Å². The van der Waals surface area contributed by atoms with Gasteiger partial charge < -0.3 is 0 Å². The van der Waals surface area contributed by atoms with Crippen LogP contribution in [-0.2, 0) is 0 Å². The van der Waals surface area contributed by atoms with Crippen LogP contribution in [-0.4, -0.2) is 0 Å². The van der Waals surface area contributed by atoms with Gasteiger partial charge in [-0.05, 0) is 36.5 Å². The van der Waals surface area contributed by atoms with Gasteiger partial charge in [0, 0.05) is 0 Å². The summed E-state index contributed by atoms with van der Waals surface area (Å²) in [7, 11) is 0. The summed E-state index contributed by atoms with van der Waals surface area (Å²) in [5, 5.41) is 0. The minimum absolute atomic E-state index is 0. The molecule has 1 rings (SSSR count). The lowest BCUT2D eigenvalue weighted by molar-refractivity contribution is 0.147. The van der Waals surface area contributed by atoms with E-state index in [0.29, 0.717) is 5.41 Å². The molecule has 1 aliphatic rings. The zero-order valence-corrected chi connectivity index (χ0v) is 13.8. The van der Waals surface area contributed by atoms with E-state index in [-0.39, 0.29) is 14.9 Å². The van der Waals surface area contributed by atoms with Gasteiger partial charge in [0.05, 0.1) is 0 Å². The Kier molecular flexibility index (Phi) is 33.1. The summed E-state index contributed by atoms with van der Waals surface area (Å²) >= 11 is 0. The molecule has 0 aromatic heterocycles. The molecule has 1 aliphatic carbocycles. The van der Waals surface area contributed by atoms with Crippen molar-refractivity contribution in [2.75, 3.05) is 0 Å². The molecule has 0 saturated heterocycles. The van der Waals surface area contributed by atoms with E-state index in [1.807, 2.05) is 41.5 Å². The fraction of sp³-hybridized carbons (Fsp3) is 1.00. The average Bonchev–Trinajstić information content (AvgIpc) is 2.23. The van der Waals surface area contributed by atoms with Gasteiger partial charge in [-0.15, -0.1) is 0 Å². The van der Waals surface area contributed by atoms with Gasteiger partial charge in [0.2, 0.25) is 0 Å². The van der Waals surface area contributed by atoms with Gasteiger partial charge in [0.1, 0.15) is 0 Å². The van der Waals surface area contributed by atoms with Crippen molar-refractivity contribution >= 4 is 0 Å². The highest BCUT2D eigenvalue weighted by Gasteiger charge is 2.28. The molecule has 0 unspecified atom stereocenters. The van der Waals surface area contributed by atoms with Crippen molar-refractivity contribution in [1.82, 2.24) is 0 Å². The molecule has 0 heterocycles. The second kappa shape index (κ2) is 19.3. The molecule has 0 amide bonds. The van der Waals surface area contributed by atoms with E-state index in [1.54, 1.807) is 0 Å². The first-order valence-electron chi connectivity index (χ1n) is 7.47. The zero-order valence-electron chi connectivity index (χ0n) is 13.8. The molecule has 0 aromatic carbocycles. The standard InChI is InChI=1S/C10H20.3C2H6.2CH4/c1-8-5-9(6-8)7-10(2,3)4;3*1-2;;/h8-9H,5-7H2,1-4H3;3*1-2H3;2*1H4. The minimum atomic E-state index is 0. The molecule has 0 radical (unpaired) electrons. The molecular formula is C18H46. The normalized spacial score (nSPS) is 19.7. The van der Waals surface area contributed by atoms with Crippen LogP contribution < -0.4 is 0 Å². The van der Waals surface area contributed by atoms with Crippen molar-refractivity contribution in [3.8, 4) is 0 Å². The van der Waals surface area contributed by atoms with Gasteiger partial charge in [-0.2, -0.15) is 0 Å². The molecule has 0 atom stereocenters. The lowest BCUT2D eigenvalue weighted by Crippen LogP contribution is -2.25. The third kappa shape index (κ3) is 21.3. The number of rotatable bonds is 1. The fourth-order valence-corrected chi connectivity index (χ4v) is 2.10. The highest BCUT2D eigenvalue weighted by Crippen LogP contribution is 2.40. The van der Waals surface area contributed by atoms with Gasteiger partial charge in [-0.3, -0.25) is 0 Å². The summed E-state index contributed by atoms with van der Waals surface area (Å²) in [5.41, 5.74) is 0.560. The predicted octanol–water partition coefficient (Wildman–Crippen LogP) is 7.82. The summed E-state index contributed by atoms with van der Waals surface area (Å²) in [5.74, 6) is 2.07. The Bertz CT molecular complexity index is 102. The van der Waals surface area contributed by atoms with Gasteiger partial charge in [0.25, 0.3) is 0 Å². The van der Waals surface area contributed by atoms with Gasteiger partial charge in [-0.25, -0.2) is 0 Å². The Labute approximate surface area is 121 Å². The molecular weight excluding hydrogens is 216 g/mol. The average molecular weight is 263 g/mol. The Hall–Kier alpha value is 0. The first kappa shape index (κ1) is 30.8. The number of hydrogen-bond acceptors (Lipinski definition) is 0. The SMILES string of the molecule is C.C.CC.CC.CC.CC1CC(CC(C)(C)C)C1. The molecule has 1 fully saturated rings. The van der Waals surface area contributed by atoms with Crippen molar-refractivity contribution in [2.45, 2.75) is 103 Å². The zero-order chi connectivity index (χ0) is 13.8. The number of hydrogen-bond donors (Lipinski definition) is 0. The lowest BCUT2D eigenvalue weighted by Gasteiger charge is -2.37. The smallest absolute Gasteiger partial charge is 0.0380 e. The van der Waals surface area contributed by atoms with Crippen molar-refractivity contribution in [3.05, 3.63) is 0 Å². The first-order valence-corrected chi connectivity index (χ1v) is 7.47. The molecule has 18 heavy (non-hydrogen) atoms. The Morgan fingerprint density at radius 2 is 1.06 bits per heavy atom. The van der Waals surface area contributed by atoms with Gasteiger partial charge >= 0.3 is 0 Å². The third-order valence-corrected chi connectivity index (χ3v) is 2.37.